The van der Waals surface area contributed by atoms with E-state index in [9.17, 15) is 14.0 Å². The molecule has 1 saturated heterocycles. The zero-order valence-electron chi connectivity index (χ0n) is 18.0. The Morgan fingerprint density at radius 2 is 1.62 bits per heavy atom. The van der Waals surface area contributed by atoms with Gasteiger partial charge in [-0.25, -0.2) is 4.39 Å². The van der Waals surface area contributed by atoms with Crippen LogP contribution in [0.4, 0.5) is 10.1 Å². The maximum atomic E-state index is 13.3. The third-order valence-electron chi connectivity index (χ3n) is 5.56. The number of carbonyl (C=O) groups is 2. The molecule has 0 unspecified atom stereocenters. The third-order valence-corrected chi connectivity index (χ3v) is 5.84. The van der Waals surface area contributed by atoms with Crippen molar-refractivity contribution in [2.75, 3.05) is 4.90 Å². The predicted molar refractivity (Wildman–Crippen MR) is 127 cm³/mol. The van der Waals surface area contributed by atoms with E-state index >= 15 is 0 Å². The van der Waals surface area contributed by atoms with Crippen molar-refractivity contribution in [1.29, 1.82) is 0 Å². The SMILES string of the molecule is CCc1ccc(-n2c(C)cc(/C=C3/C(=O)NC(=S)N(c4ccc(F)cc4)C3=O)c2C)cc1. The number of rotatable bonds is 4. The number of halogens is 1. The van der Waals surface area contributed by atoms with Gasteiger partial charge in [0.25, 0.3) is 11.8 Å². The van der Waals surface area contributed by atoms with E-state index in [-0.39, 0.29) is 10.7 Å². The fourth-order valence-electron chi connectivity index (χ4n) is 3.85. The number of anilines is 1. The normalized spacial score (nSPS) is 15.4. The zero-order chi connectivity index (χ0) is 23.0. The Hall–Kier alpha value is -3.58. The van der Waals surface area contributed by atoms with Gasteiger partial charge in [0, 0.05) is 17.1 Å². The molecule has 2 aromatic carbocycles. The van der Waals surface area contributed by atoms with E-state index in [0.29, 0.717) is 5.69 Å². The third kappa shape index (κ3) is 3.87. The minimum absolute atomic E-state index is 0.0368. The topological polar surface area (TPSA) is 54.3 Å². The van der Waals surface area contributed by atoms with Gasteiger partial charge in [-0.2, -0.15) is 0 Å². The highest BCUT2D eigenvalue weighted by molar-refractivity contribution is 7.80. The summed E-state index contributed by atoms with van der Waals surface area (Å²) >= 11 is 5.20. The smallest absolute Gasteiger partial charge is 0.270 e. The van der Waals surface area contributed by atoms with E-state index < -0.39 is 17.6 Å². The van der Waals surface area contributed by atoms with E-state index in [1.54, 1.807) is 6.08 Å². The van der Waals surface area contributed by atoms with Crippen molar-refractivity contribution in [3.63, 3.8) is 0 Å². The van der Waals surface area contributed by atoms with Crippen LogP contribution >= 0.6 is 12.2 Å². The summed E-state index contributed by atoms with van der Waals surface area (Å²) in [5, 5.41) is 2.52. The van der Waals surface area contributed by atoms with Crippen LogP contribution < -0.4 is 10.2 Å². The van der Waals surface area contributed by atoms with Gasteiger partial charge in [0.2, 0.25) is 0 Å². The van der Waals surface area contributed by atoms with Crippen LogP contribution in [0, 0.1) is 19.7 Å². The lowest BCUT2D eigenvalue weighted by atomic mass is 10.1. The predicted octanol–water partition coefficient (Wildman–Crippen LogP) is 4.63. The van der Waals surface area contributed by atoms with Gasteiger partial charge in [0.15, 0.2) is 5.11 Å². The summed E-state index contributed by atoms with van der Waals surface area (Å²) in [7, 11) is 0. The van der Waals surface area contributed by atoms with Crippen LogP contribution in [0.15, 0.2) is 60.2 Å². The van der Waals surface area contributed by atoms with Crippen LogP contribution in [0.2, 0.25) is 0 Å². The minimum Gasteiger partial charge on any atom is -0.318 e. The summed E-state index contributed by atoms with van der Waals surface area (Å²) in [6.07, 6.45) is 2.54. The summed E-state index contributed by atoms with van der Waals surface area (Å²) in [6, 6.07) is 15.6. The molecule has 1 aliphatic rings. The highest BCUT2D eigenvalue weighted by Gasteiger charge is 2.34. The number of amides is 2. The summed E-state index contributed by atoms with van der Waals surface area (Å²) < 4.78 is 15.4. The van der Waals surface area contributed by atoms with Gasteiger partial charge in [0.1, 0.15) is 11.4 Å². The molecule has 32 heavy (non-hydrogen) atoms. The zero-order valence-corrected chi connectivity index (χ0v) is 18.8. The number of nitrogens with zero attached hydrogens (tertiary/aromatic N) is 2. The lowest BCUT2D eigenvalue weighted by Gasteiger charge is -2.28. The number of nitrogens with one attached hydrogen (secondary N) is 1. The Labute approximate surface area is 191 Å². The molecule has 5 nitrogen and oxygen atoms in total. The molecule has 1 N–H and O–H groups in total. The first-order valence-corrected chi connectivity index (χ1v) is 10.7. The molecule has 7 heteroatoms. The second-order valence-electron chi connectivity index (χ2n) is 7.62. The van der Waals surface area contributed by atoms with Gasteiger partial charge in [-0.05, 0) is 92.2 Å². The molecule has 4 rings (SSSR count). The van der Waals surface area contributed by atoms with Crippen LogP contribution in [0.3, 0.4) is 0 Å². The van der Waals surface area contributed by atoms with Crippen molar-refractivity contribution in [1.82, 2.24) is 9.88 Å². The summed E-state index contributed by atoms with van der Waals surface area (Å²) in [5.74, 6) is -1.54. The Morgan fingerprint density at radius 1 is 1.00 bits per heavy atom. The second-order valence-corrected chi connectivity index (χ2v) is 8.00. The van der Waals surface area contributed by atoms with Gasteiger partial charge in [0.05, 0.1) is 5.69 Å². The van der Waals surface area contributed by atoms with Gasteiger partial charge in [-0.15, -0.1) is 0 Å². The molecule has 2 amide bonds. The number of hydrogen-bond donors (Lipinski definition) is 1. The molecule has 1 fully saturated rings. The number of hydrogen-bond acceptors (Lipinski definition) is 3. The first-order valence-electron chi connectivity index (χ1n) is 10.3. The number of aromatic nitrogens is 1. The lowest BCUT2D eigenvalue weighted by molar-refractivity contribution is -0.122. The van der Waals surface area contributed by atoms with Gasteiger partial charge >= 0.3 is 0 Å². The fourth-order valence-corrected chi connectivity index (χ4v) is 4.13. The van der Waals surface area contributed by atoms with Crippen molar-refractivity contribution in [3.05, 3.63) is 88.5 Å². The van der Waals surface area contributed by atoms with Crippen LogP contribution in [0.5, 0.6) is 0 Å². The Morgan fingerprint density at radius 3 is 2.25 bits per heavy atom. The first-order chi connectivity index (χ1) is 15.3. The average molecular weight is 448 g/mol. The van der Waals surface area contributed by atoms with Crippen molar-refractivity contribution >= 4 is 40.9 Å². The van der Waals surface area contributed by atoms with Crippen LogP contribution in [-0.2, 0) is 16.0 Å². The van der Waals surface area contributed by atoms with E-state index in [2.05, 4.69) is 41.1 Å². The summed E-state index contributed by atoms with van der Waals surface area (Å²) in [5.41, 5.74) is 5.25. The van der Waals surface area contributed by atoms with Gasteiger partial charge in [-0.1, -0.05) is 19.1 Å². The maximum Gasteiger partial charge on any atom is 0.270 e. The molecule has 0 atom stereocenters. The van der Waals surface area contributed by atoms with Crippen molar-refractivity contribution in [3.8, 4) is 5.69 Å². The van der Waals surface area contributed by atoms with E-state index in [0.717, 1.165) is 29.1 Å². The lowest BCUT2D eigenvalue weighted by Crippen LogP contribution is -2.54. The standard InChI is InChI=1S/C25H22FN3O2S/c1-4-17-5-9-20(10-6-17)28-15(2)13-18(16(28)3)14-22-23(30)27-25(32)29(24(22)31)21-11-7-19(26)8-12-21/h5-14H,4H2,1-3H3,(H,27,30,32)/b22-14-. The van der Waals surface area contributed by atoms with Crippen molar-refractivity contribution in [2.45, 2.75) is 27.2 Å². The minimum atomic E-state index is -0.560. The fraction of sp³-hybridized carbons (Fsp3) is 0.160. The Kier molecular flexibility index (Phi) is 5.76. The molecule has 2 heterocycles. The summed E-state index contributed by atoms with van der Waals surface area (Å²) in [6.45, 7) is 6.03. The maximum absolute atomic E-state index is 13.3. The molecule has 3 aromatic rings. The van der Waals surface area contributed by atoms with Gasteiger partial charge in [-0.3, -0.25) is 19.8 Å². The Balaban J connectivity index is 1.73. The van der Waals surface area contributed by atoms with Crippen LogP contribution in [0.25, 0.3) is 11.8 Å². The average Bonchev–Trinajstić information content (AvgIpc) is 3.05. The van der Waals surface area contributed by atoms with E-state index in [4.69, 9.17) is 12.2 Å². The van der Waals surface area contributed by atoms with E-state index in [1.165, 1.54) is 34.7 Å². The van der Waals surface area contributed by atoms with Gasteiger partial charge < -0.3 is 4.57 Å². The van der Waals surface area contributed by atoms with Crippen molar-refractivity contribution < 1.29 is 14.0 Å². The molecule has 1 aromatic heterocycles. The van der Waals surface area contributed by atoms with E-state index in [1.807, 2.05) is 19.9 Å². The number of aryl methyl sites for hydroxylation is 2. The number of carbonyl (C=O) groups excluding carboxylic acids is 2. The quantitative estimate of drug-likeness (QED) is 0.361. The number of benzene rings is 2. The molecular weight excluding hydrogens is 425 g/mol. The number of thiocarbonyl (C=S) groups is 1. The molecule has 0 bridgehead atoms. The largest absolute Gasteiger partial charge is 0.318 e. The van der Waals surface area contributed by atoms with Crippen molar-refractivity contribution in [2.24, 2.45) is 0 Å². The molecule has 162 valence electrons. The molecule has 0 aliphatic carbocycles. The Bertz CT molecular complexity index is 1260. The van der Waals surface area contributed by atoms with Crippen LogP contribution in [-0.4, -0.2) is 21.5 Å². The molecule has 1 aliphatic heterocycles. The molecule has 0 saturated carbocycles. The summed E-state index contributed by atoms with van der Waals surface area (Å²) in [4.78, 5) is 27.0. The molecular formula is C25H22FN3O2S. The first kappa shape index (κ1) is 21.6. The molecule has 0 radical (unpaired) electrons. The second kappa shape index (κ2) is 8.51. The highest BCUT2D eigenvalue weighted by atomic mass is 32.1. The van der Waals surface area contributed by atoms with Crippen LogP contribution in [0.1, 0.15) is 29.4 Å². The molecule has 0 spiro atoms. The highest BCUT2D eigenvalue weighted by Crippen LogP contribution is 2.26. The monoisotopic (exact) mass is 447 g/mol.